The van der Waals surface area contributed by atoms with Gasteiger partial charge in [-0.2, -0.15) is 4.39 Å². The van der Waals surface area contributed by atoms with Crippen LogP contribution in [0.25, 0.3) is 0 Å². The van der Waals surface area contributed by atoms with Crippen molar-refractivity contribution >= 4 is 32.1 Å². The van der Waals surface area contributed by atoms with E-state index >= 15 is 39.5 Å². The molecule has 0 fully saturated rings. The number of halogens is 15. The van der Waals surface area contributed by atoms with Gasteiger partial charge in [-0.25, -0.2) is 61.5 Å². The molecule has 44 heavy (non-hydrogen) atoms. The molecule has 0 N–H and O–H groups in total. The van der Waals surface area contributed by atoms with Crippen molar-refractivity contribution in [1.29, 1.82) is 0 Å². The SMILES string of the molecule is [CH3][Al]([CH3])[O]C1(F)C(F)=C(F)C(B(c2c(F)c(F)c(F)c(F)c2F)c2c(F)c(F)c(F)c(F)c2F)(c2ccccc2)C(F)=C1F. The minimum Gasteiger partial charge on any atom is -0.462 e. The van der Waals surface area contributed by atoms with E-state index in [0.717, 1.165) is 29.8 Å². The van der Waals surface area contributed by atoms with Gasteiger partial charge in [-0.1, -0.05) is 41.9 Å². The summed E-state index contributed by atoms with van der Waals surface area (Å²) in [6, 6.07) is 3.45. The first kappa shape index (κ1) is 33.5. The molecule has 0 saturated carbocycles. The second-order valence-electron chi connectivity index (χ2n) is 9.59. The molecule has 0 heterocycles. The van der Waals surface area contributed by atoms with Crippen molar-refractivity contribution in [1.82, 2.24) is 0 Å². The number of allylic oxidation sites excluding steroid dienone is 2. The summed E-state index contributed by atoms with van der Waals surface area (Å²) in [5.41, 5.74) is -6.78. The van der Waals surface area contributed by atoms with Crippen molar-refractivity contribution in [3.63, 3.8) is 0 Å². The van der Waals surface area contributed by atoms with E-state index in [2.05, 4.69) is 3.79 Å². The van der Waals surface area contributed by atoms with Crippen LogP contribution in [0.3, 0.4) is 0 Å². The molecular weight excluding hydrogens is 651 g/mol. The average molecular weight is 662 g/mol. The van der Waals surface area contributed by atoms with Crippen molar-refractivity contribution in [2.45, 2.75) is 22.7 Å². The first-order chi connectivity index (χ1) is 20.4. The molecule has 4 rings (SSSR count). The molecular formula is C26H11AlBF15O. The number of rotatable bonds is 6. The van der Waals surface area contributed by atoms with Gasteiger partial charge in [-0.05, 0) is 5.56 Å². The fraction of sp³-hybridized carbons (Fsp3) is 0.154. The molecule has 0 unspecified atom stereocenters. The Kier molecular flexibility index (Phi) is 8.79. The molecule has 0 aromatic heterocycles. The molecule has 0 aliphatic heterocycles. The first-order valence-electron chi connectivity index (χ1n) is 12.0. The van der Waals surface area contributed by atoms with Crippen LogP contribution in [-0.2, 0) is 9.10 Å². The fourth-order valence-corrected chi connectivity index (χ4v) is 5.81. The molecule has 0 amide bonds. The van der Waals surface area contributed by atoms with Gasteiger partial charge in [0, 0.05) is 10.9 Å². The van der Waals surface area contributed by atoms with Crippen LogP contribution < -0.4 is 10.9 Å². The molecule has 0 spiro atoms. The molecule has 0 saturated heterocycles. The van der Waals surface area contributed by atoms with Gasteiger partial charge < -0.3 is 3.79 Å². The lowest BCUT2D eigenvalue weighted by Gasteiger charge is -2.43. The number of hydrogen-bond acceptors (Lipinski definition) is 1. The highest BCUT2D eigenvalue weighted by atomic mass is 27.2. The third-order valence-electron chi connectivity index (χ3n) is 6.77. The third-order valence-corrected chi connectivity index (χ3v) is 7.56. The quantitative estimate of drug-likeness (QED) is 0.116. The molecule has 0 bridgehead atoms. The molecule has 1 nitrogen and oxygen atoms in total. The van der Waals surface area contributed by atoms with Crippen LogP contribution in [-0.4, -0.2) is 27.0 Å². The molecule has 1 aliphatic carbocycles. The van der Waals surface area contributed by atoms with E-state index in [9.17, 15) is 26.3 Å². The lowest BCUT2D eigenvalue weighted by molar-refractivity contribution is -0.0425. The summed E-state index contributed by atoms with van der Waals surface area (Å²) in [6.07, 6.45) is 0. The second kappa shape index (κ2) is 11.5. The molecule has 0 atom stereocenters. The Morgan fingerprint density at radius 3 is 1.14 bits per heavy atom. The minimum atomic E-state index is -4.77. The zero-order valence-electron chi connectivity index (χ0n) is 21.6. The minimum absolute atomic E-state index is 0.439. The van der Waals surface area contributed by atoms with Gasteiger partial charge in [0.05, 0.1) is 5.31 Å². The predicted octanol–water partition coefficient (Wildman–Crippen LogP) is 7.41. The van der Waals surface area contributed by atoms with Crippen molar-refractivity contribution < 1.29 is 69.6 Å². The summed E-state index contributed by atoms with van der Waals surface area (Å²) in [6.45, 7) is -4.10. The Bertz CT molecular complexity index is 1590. The topological polar surface area (TPSA) is 9.23 Å². The maximum Gasteiger partial charge on any atom is 0.457 e. The van der Waals surface area contributed by atoms with Crippen LogP contribution in [0, 0.1) is 58.2 Å². The zero-order valence-corrected chi connectivity index (χ0v) is 22.8. The Morgan fingerprint density at radius 2 is 0.818 bits per heavy atom. The van der Waals surface area contributed by atoms with E-state index in [0.29, 0.717) is 12.1 Å². The van der Waals surface area contributed by atoms with Crippen molar-refractivity contribution in [2.24, 2.45) is 0 Å². The van der Waals surface area contributed by atoms with Crippen LogP contribution in [0.2, 0.25) is 11.6 Å². The maximum absolute atomic E-state index is 16.4. The van der Waals surface area contributed by atoms with Crippen molar-refractivity contribution in [2.75, 3.05) is 0 Å². The predicted molar refractivity (Wildman–Crippen MR) is 126 cm³/mol. The monoisotopic (exact) mass is 662 g/mol. The van der Waals surface area contributed by atoms with E-state index < -0.39 is 130 Å². The summed E-state index contributed by atoms with van der Waals surface area (Å²) in [4.78, 5) is 0. The van der Waals surface area contributed by atoms with E-state index in [1.807, 2.05) is 0 Å². The smallest absolute Gasteiger partial charge is 0.457 e. The summed E-state index contributed by atoms with van der Waals surface area (Å²) >= 11 is -3.05. The molecule has 3 aromatic carbocycles. The van der Waals surface area contributed by atoms with Crippen LogP contribution in [0.4, 0.5) is 65.9 Å². The second-order valence-corrected chi connectivity index (χ2v) is 11.9. The van der Waals surface area contributed by atoms with Gasteiger partial charge in [0.1, 0.15) is 11.7 Å². The summed E-state index contributed by atoms with van der Waals surface area (Å²) in [5.74, 6) is -45.4. The van der Waals surface area contributed by atoms with Crippen molar-refractivity contribution in [3.05, 3.63) is 117 Å². The number of alkyl halides is 1. The number of benzene rings is 3. The molecule has 232 valence electrons. The Labute approximate surface area is 242 Å². The van der Waals surface area contributed by atoms with Gasteiger partial charge in [0.25, 0.3) is 12.6 Å². The largest absolute Gasteiger partial charge is 0.462 e. The van der Waals surface area contributed by atoms with Crippen LogP contribution >= 0.6 is 0 Å². The lowest BCUT2D eigenvalue weighted by atomic mass is 9.24. The molecule has 1 aliphatic rings. The zero-order chi connectivity index (χ0) is 33.2. The molecule has 18 heteroatoms. The van der Waals surface area contributed by atoms with Gasteiger partial charge in [-0.3, -0.25) is 0 Å². The standard InChI is InChI=1S/C24H5BF15O.2CH3.Al/c26-9-7(10(27)14(31)17(34)13(9)30)25(8-11(28)15(32)18(35)16(33)12(8)29)23(6-4-2-1-3-5-6)19(36)21(38)24(40,41)22(39)20(23)37;;;/h1-5H;2*1H3;/q-1;;;+1. The van der Waals surface area contributed by atoms with Gasteiger partial charge in [-0.15, -0.1) is 0 Å². The first-order valence-corrected chi connectivity index (χ1v) is 14.7. The van der Waals surface area contributed by atoms with Gasteiger partial charge >= 0.3 is 14.5 Å². The fourth-order valence-electron chi connectivity index (χ4n) is 4.95. The Morgan fingerprint density at radius 1 is 0.500 bits per heavy atom. The van der Waals surface area contributed by atoms with E-state index in [1.165, 1.54) is 0 Å². The normalized spacial score (nSPS) is 20.5. The summed E-state index contributed by atoms with van der Waals surface area (Å²) in [5, 5.41) is -4.58. The third kappa shape index (κ3) is 4.56. The lowest BCUT2D eigenvalue weighted by Crippen LogP contribution is -2.65. The van der Waals surface area contributed by atoms with E-state index in [-0.39, 0.29) is 0 Å². The van der Waals surface area contributed by atoms with Crippen LogP contribution in [0.5, 0.6) is 0 Å². The van der Waals surface area contributed by atoms with Gasteiger partial charge in [0.15, 0.2) is 58.2 Å². The Hall–Kier alpha value is -3.35. The van der Waals surface area contributed by atoms with Crippen LogP contribution in [0.1, 0.15) is 5.56 Å². The summed E-state index contributed by atoms with van der Waals surface area (Å²) in [7, 11) is 0. The highest BCUT2D eigenvalue weighted by Crippen LogP contribution is 2.55. The Balaban J connectivity index is 2.40. The summed E-state index contributed by atoms with van der Waals surface area (Å²) < 4.78 is 231. The molecule has 0 radical (unpaired) electrons. The maximum atomic E-state index is 16.4. The number of hydrogen-bond donors (Lipinski definition) is 0. The molecule has 3 aromatic rings. The highest BCUT2D eigenvalue weighted by Gasteiger charge is 2.66. The highest BCUT2D eigenvalue weighted by molar-refractivity contribution is 6.89. The van der Waals surface area contributed by atoms with E-state index in [4.69, 9.17) is 0 Å². The van der Waals surface area contributed by atoms with Gasteiger partial charge in [0.2, 0.25) is 11.7 Å². The van der Waals surface area contributed by atoms with Crippen LogP contribution in [0.15, 0.2) is 53.6 Å². The van der Waals surface area contributed by atoms with E-state index in [1.54, 1.807) is 0 Å². The van der Waals surface area contributed by atoms with Crippen molar-refractivity contribution in [3.8, 4) is 0 Å². The average Bonchev–Trinajstić information content (AvgIpc) is 2.99.